The van der Waals surface area contributed by atoms with Gasteiger partial charge in [-0.3, -0.25) is 0 Å². The van der Waals surface area contributed by atoms with Crippen LogP contribution in [-0.2, 0) is 10.0 Å². The van der Waals surface area contributed by atoms with Gasteiger partial charge in [0.15, 0.2) is 0 Å². The molecule has 0 radical (unpaired) electrons. The van der Waals surface area contributed by atoms with Crippen LogP contribution in [0.4, 0.5) is 0 Å². The zero-order valence-corrected chi connectivity index (χ0v) is 15.3. The first-order valence-electron chi connectivity index (χ1n) is 5.36. The van der Waals surface area contributed by atoms with Crippen LogP contribution in [0.1, 0.15) is 12.0 Å². The summed E-state index contributed by atoms with van der Waals surface area (Å²) in [6, 6.07) is 3.35. The van der Waals surface area contributed by atoms with Gasteiger partial charge in [-0.1, -0.05) is 28.1 Å². The lowest BCUT2D eigenvalue weighted by molar-refractivity contribution is 0.478. The molecule has 0 aliphatic carbocycles. The van der Waals surface area contributed by atoms with Crippen molar-refractivity contribution in [2.75, 3.05) is 13.6 Å². The van der Waals surface area contributed by atoms with E-state index in [2.05, 4.69) is 31.9 Å². The van der Waals surface area contributed by atoms with Gasteiger partial charge in [-0.05, 0) is 40.5 Å². The minimum Gasteiger partial charge on any atom is -0.393 e. The highest BCUT2D eigenvalue weighted by Crippen LogP contribution is 2.30. The molecule has 0 aliphatic heterocycles. The van der Waals surface area contributed by atoms with Crippen molar-refractivity contribution in [1.29, 1.82) is 0 Å². The van der Waals surface area contributed by atoms with Crippen LogP contribution in [0.3, 0.4) is 0 Å². The molecule has 4 nitrogen and oxygen atoms in total. The van der Waals surface area contributed by atoms with Crippen molar-refractivity contribution in [1.82, 2.24) is 4.31 Å². The molecule has 1 aromatic rings. The van der Waals surface area contributed by atoms with Crippen molar-refractivity contribution in [2.24, 2.45) is 5.73 Å². The summed E-state index contributed by atoms with van der Waals surface area (Å²) in [6.07, 6.45) is 0.357. The quantitative estimate of drug-likeness (QED) is 0.731. The lowest BCUT2D eigenvalue weighted by Crippen LogP contribution is -2.30. The molecule has 19 heavy (non-hydrogen) atoms. The van der Waals surface area contributed by atoms with Crippen LogP contribution in [0.2, 0.25) is 0 Å². The normalized spacial score (nSPS) is 11.8. The van der Waals surface area contributed by atoms with Gasteiger partial charge in [0.2, 0.25) is 10.0 Å². The minimum atomic E-state index is -3.56. The third-order valence-electron chi connectivity index (χ3n) is 2.57. The Balaban J connectivity index is 3.13. The van der Waals surface area contributed by atoms with E-state index >= 15 is 0 Å². The summed E-state index contributed by atoms with van der Waals surface area (Å²) in [5.74, 6) is 0. The molecule has 0 heterocycles. The zero-order valence-electron chi connectivity index (χ0n) is 10.5. The third kappa shape index (κ3) is 4.22. The molecule has 0 aromatic heterocycles. The highest BCUT2D eigenvalue weighted by molar-refractivity contribution is 9.11. The van der Waals surface area contributed by atoms with Crippen LogP contribution in [0.5, 0.6) is 0 Å². The van der Waals surface area contributed by atoms with Crippen molar-refractivity contribution in [3.63, 3.8) is 0 Å². The van der Waals surface area contributed by atoms with Gasteiger partial charge in [-0.25, -0.2) is 12.7 Å². The number of rotatable bonds is 5. The van der Waals surface area contributed by atoms with E-state index in [-0.39, 0.29) is 11.4 Å². The SMILES string of the molecule is Cc1cc(Br)c(S(=O)(=O)N(C)CCC(N)=S)cc1Br. The van der Waals surface area contributed by atoms with Gasteiger partial charge in [0.25, 0.3) is 0 Å². The fourth-order valence-electron chi connectivity index (χ4n) is 1.38. The summed E-state index contributed by atoms with van der Waals surface area (Å²) in [5.41, 5.74) is 6.34. The summed E-state index contributed by atoms with van der Waals surface area (Å²) in [6.45, 7) is 2.15. The molecule has 1 rings (SSSR count). The molecule has 0 unspecified atom stereocenters. The Bertz CT molecular complexity index is 603. The average Bonchev–Trinajstić information content (AvgIpc) is 2.30. The van der Waals surface area contributed by atoms with Crippen molar-refractivity contribution < 1.29 is 8.42 Å². The summed E-state index contributed by atoms with van der Waals surface area (Å²) >= 11 is 11.4. The Hall–Kier alpha value is -0.0200. The molecule has 0 spiro atoms. The second kappa shape index (κ2) is 6.62. The standard InChI is InChI=1S/C11H14Br2N2O2S2/c1-7-5-9(13)10(6-8(7)12)19(16,17)15(2)4-3-11(14)18/h5-6H,3-4H2,1-2H3,(H2,14,18). The van der Waals surface area contributed by atoms with Gasteiger partial charge in [0, 0.05) is 29.0 Å². The van der Waals surface area contributed by atoms with E-state index in [1.807, 2.05) is 6.92 Å². The van der Waals surface area contributed by atoms with Crippen LogP contribution in [0.15, 0.2) is 26.0 Å². The smallest absolute Gasteiger partial charge is 0.243 e. The first-order chi connectivity index (χ1) is 8.66. The third-order valence-corrected chi connectivity index (χ3v) is 6.45. The van der Waals surface area contributed by atoms with Crippen molar-refractivity contribution >= 4 is 59.1 Å². The van der Waals surface area contributed by atoms with Gasteiger partial charge in [-0.15, -0.1) is 0 Å². The molecule has 106 valence electrons. The predicted octanol–water partition coefficient (Wildman–Crippen LogP) is 2.82. The molecule has 8 heteroatoms. The molecule has 0 atom stereocenters. The number of sulfonamides is 1. The number of thiocarbonyl (C=S) groups is 1. The van der Waals surface area contributed by atoms with E-state index < -0.39 is 10.0 Å². The lowest BCUT2D eigenvalue weighted by Gasteiger charge is -2.18. The second-order valence-electron chi connectivity index (χ2n) is 4.07. The van der Waals surface area contributed by atoms with Crippen LogP contribution in [-0.4, -0.2) is 31.3 Å². The summed E-state index contributed by atoms with van der Waals surface area (Å²) < 4.78 is 27.4. The lowest BCUT2D eigenvalue weighted by atomic mass is 10.2. The number of aryl methyl sites for hydroxylation is 1. The van der Waals surface area contributed by atoms with E-state index in [4.69, 9.17) is 18.0 Å². The molecule has 0 amide bonds. The maximum atomic E-state index is 12.4. The Morgan fingerprint density at radius 1 is 1.37 bits per heavy atom. The van der Waals surface area contributed by atoms with Crippen molar-refractivity contribution in [2.45, 2.75) is 18.2 Å². The zero-order chi connectivity index (χ0) is 14.8. The maximum Gasteiger partial charge on any atom is 0.243 e. The van der Waals surface area contributed by atoms with Gasteiger partial charge in [-0.2, -0.15) is 0 Å². The molecule has 0 fully saturated rings. The van der Waals surface area contributed by atoms with Crippen LogP contribution >= 0.6 is 44.1 Å². The highest BCUT2D eigenvalue weighted by Gasteiger charge is 2.24. The number of hydrogen-bond acceptors (Lipinski definition) is 3. The van der Waals surface area contributed by atoms with Crippen LogP contribution in [0.25, 0.3) is 0 Å². The summed E-state index contributed by atoms with van der Waals surface area (Å²) in [5, 5.41) is 0. The molecule has 2 N–H and O–H groups in total. The largest absolute Gasteiger partial charge is 0.393 e. The van der Waals surface area contributed by atoms with Gasteiger partial charge >= 0.3 is 0 Å². The fourth-order valence-corrected chi connectivity index (χ4v) is 4.28. The van der Waals surface area contributed by atoms with Gasteiger partial charge in [0.1, 0.15) is 0 Å². The van der Waals surface area contributed by atoms with E-state index in [1.54, 1.807) is 12.1 Å². The first-order valence-corrected chi connectivity index (χ1v) is 8.80. The minimum absolute atomic E-state index is 0.218. The van der Waals surface area contributed by atoms with Crippen molar-refractivity contribution in [3.8, 4) is 0 Å². The summed E-state index contributed by atoms with van der Waals surface area (Å²) in [7, 11) is -2.06. The summed E-state index contributed by atoms with van der Waals surface area (Å²) in [4.78, 5) is 0.515. The predicted molar refractivity (Wildman–Crippen MR) is 87.8 cm³/mol. The molecular formula is C11H14Br2N2O2S2. The number of halogens is 2. The molecule has 1 aromatic carbocycles. The second-order valence-corrected chi connectivity index (χ2v) is 8.32. The van der Waals surface area contributed by atoms with E-state index in [1.165, 1.54) is 11.4 Å². The van der Waals surface area contributed by atoms with E-state index in [9.17, 15) is 8.42 Å². The molecule has 0 aliphatic rings. The number of hydrogen-bond donors (Lipinski definition) is 1. The van der Waals surface area contributed by atoms with Crippen LogP contribution in [0, 0.1) is 6.92 Å². The van der Waals surface area contributed by atoms with Crippen LogP contribution < -0.4 is 5.73 Å². The van der Waals surface area contributed by atoms with Crippen molar-refractivity contribution in [3.05, 3.63) is 26.6 Å². The Kier molecular flexibility index (Phi) is 5.94. The van der Waals surface area contributed by atoms with E-state index in [0.29, 0.717) is 15.9 Å². The Morgan fingerprint density at radius 2 is 1.95 bits per heavy atom. The molecule has 0 saturated heterocycles. The first kappa shape index (κ1) is 17.0. The molecular weight excluding hydrogens is 416 g/mol. The van der Waals surface area contributed by atoms with E-state index in [0.717, 1.165) is 10.0 Å². The fraction of sp³-hybridized carbons (Fsp3) is 0.364. The number of nitrogens with two attached hydrogens (primary N) is 1. The number of benzene rings is 1. The van der Waals surface area contributed by atoms with Gasteiger partial charge in [0.05, 0.1) is 9.88 Å². The monoisotopic (exact) mass is 428 g/mol. The molecule has 0 saturated carbocycles. The highest BCUT2D eigenvalue weighted by atomic mass is 79.9. The number of nitrogens with zero attached hydrogens (tertiary/aromatic N) is 1. The maximum absolute atomic E-state index is 12.4. The topological polar surface area (TPSA) is 63.4 Å². The Morgan fingerprint density at radius 3 is 2.47 bits per heavy atom. The Labute approximate surface area is 135 Å². The average molecular weight is 430 g/mol. The van der Waals surface area contributed by atoms with Gasteiger partial charge < -0.3 is 5.73 Å². The molecule has 0 bridgehead atoms.